The summed E-state index contributed by atoms with van der Waals surface area (Å²) in [6, 6.07) is 3.53. The molecule has 10 heteroatoms. The lowest BCUT2D eigenvalue weighted by Crippen LogP contribution is -2.33. The highest BCUT2D eigenvalue weighted by Crippen LogP contribution is 2.35. The van der Waals surface area contributed by atoms with Crippen LogP contribution in [0.2, 0.25) is 0 Å². The fraction of sp³-hybridized carbons (Fsp3) is 0.600. The topological polar surface area (TPSA) is 142 Å². The second-order valence-electron chi connectivity index (χ2n) is 7.74. The molecule has 1 aliphatic rings. The summed E-state index contributed by atoms with van der Waals surface area (Å²) < 4.78 is 10.5. The predicted octanol–water partition coefficient (Wildman–Crippen LogP) is 2.27. The van der Waals surface area contributed by atoms with Crippen LogP contribution in [0.5, 0.6) is 0 Å². The number of nitrogens with one attached hydrogen (secondary N) is 3. The number of aliphatic hydroxyl groups excluding tert-OH is 1. The minimum Gasteiger partial charge on any atom is -0.446 e. The summed E-state index contributed by atoms with van der Waals surface area (Å²) in [6.07, 6.45) is 2.58. The third-order valence-corrected chi connectivity index (χ3v) is 5.35. The van der Waals surface area contributed by atoms with E-state index in [1.54, 1.807) is 13.0 Å². The number of aryl methyl sites for hydroxylation is 1. The molecule has 0 aromatic carbocycles. The standard InChI is InChI=1S/C20H29N5O5/c1-3-13(11-26)10-21-20(28)29-15-5-4-14(7-15)17-9-18(24-23-17)22-19(27)8-16-6-12(2)25-30-16/h6,9,13-15,26H,3-5,7-8,10-11H2,1-2H3,(H,21,28)(H2,22,23,24,27)/t13?,14-,15+/m0/s1. The fourth-order valence-corrected chi connectivity index (χ4v) is 3.54. The van der Waals surface area contributed by atoms with Gasteiger partial charge >= 0.3 is 6.09 Å². The second kappa shape index (κ2) is 10.2. The van der Waals surface area contributed by atoms with Gasteiger partial charge in [0.1, 0.15) is 11.9 Å². The molecule has 1 aliphatic carbocycles. The van der Waals surface area contributed by atoms with Crippen molar-refractivity contribution < 1.29 is 24.0 Å². The number of carbonyl (C=O) groups excluding carboxylic acids is 2. The number of aliphatic hydroxyl groups is 1. The molecule has 164 valence electrons. The Hall–Kier alpha value is -2.88. The van der Waals surface area contributed by atoms with Crippen LogP contribution < -0.4 is 10.6 Å². The summed E-state index contributed by atoms with van der Waals surface area (Å²) in [7, 11) is 0. The average molecular weight is 419 g/mol. The molecule has 30 heavy (non-hydrogen) atoms. The lowest BCUT2D eigenvalue weighted by atomic mass is 10.0. The first kappa shape index (κ1) is 21.8. The van der Waals surface area contributed by atoms with Crippen LogP contribution in [0.1, 0.15) is 55.7 Å². The van der Waals surface area contributed by atoms with Crippen molar-refractivity contribution in [3.63, 3.8) is 0 Å². The van der Waals surface area contributed by atoms with Crippen LogP contribution in [0.15, 0.2) is 16.7 Å². The number of rotatable bonds is 9. The van der Waals surface area contributed by atoms with Gasteiger partial charge in [0.05, 0.1) is 12.1 Å². The maximum atomic E-state index is 12.1. The van der Waals surface area contributed by atoms with Crippen molar-refractivity contribution in [3.05, 3.63) is 29.3 Å². The van der Waals surface area contributed by atoms with Crippen molar-refractivity contribution >= 4 is 17.8 Å². The molecule has 0 saturated heterocycles. The summed E-state index contributed by atoms with van der Waals surface area (Å²) >= 11 is 0. The number of amides is 2. The number of alkyl carbamates (subject to hydrolysis) is 1. The van der Waals surface area contributed by atoms with E-state index in [1.807, 2.05) is 13.0 Å². The third-order valence-electron chi connectivity index (χ3n) is 5.35. The van der Waals surface area contributed by atoms with E-state index in [2.05, 4.69) is 26.0 Å². The molecule has 2 aromatic rings. The van der Waals surface area contributed by atoms with Gasteiger partial charge in [0.2, 0.25) is 5.91 Å². The monoisotopic (exact) mass is 419 g/mol. The van der Waals surface area contributed by atoms with E-state index >= 15 is 0 Å². The molecule has 3 rings (SSSR count). The van der Waals surface area contributed by atoms with Crippen molar-refractivity contribution in [1.82, 2.24) is 20.7 Å². The SMILES string of the molecule is CCC(CO)CNC(=O)O[C@@H]1CC[C@H](c2cc(NC(=O)Cc3cc(C)no3)n[nH]2)C1. The summed E-state index contributed by atoms with van der Waals surface area (Å²) in [6.45, 7) is 4.20. The number of anilines is 1. The normalized spacial score (nSPS) is 19.4. The quantitative estimate of drug-likeness (QED) is 0.488. The first-order valence-electron chi connectivity index (χ1n) is 10.3. The van der Waals surface area contributed by atoms with E-state index < -0.39 is 6.09 Å². The number of carbonyl (C=O) groups is 2. The lowest BCUT2D eigenvalue weighted by molar-refractivity contribution is -0.115. The molecule has 1 saturated carbocycles. The van der Waals surface area contributed by atoms with E-state index in [1.165, 1.54) is 0 Å². The third kappa shape index (κ3) is 6.06. The predicted molar refractivity (Wildman–Crippen MR) is 108 cm³/mol. The van der Waals surface area contributed by atoms with E-state index in [4.69, 9.17) is 9.26 Å². The molecule has 1 unspecified atom stereocenters. The molecular formula is C20H29N5O5. The van der Waals surface area contributed by atoms with Gasteiger partial charge in [-0.05, 0) is 38.5 Å². The van der Waals surface area contributed by atoms with Crippen molar-refractivity contribution in [2.45, 2.75) is 58.0 Å². The lowest BCUT2D eigenvalue weighted by Gasteiger charge is -2.16. The summed E-state index contributed by atoms with van der Waals surface area (Å²) in [5, 5.41) is 25.5. The smallest absolute Gasteiger partial charge is 0.407 e. The number of hydrogen-bond acceptors (Lipinski definition) is 7. The van der Waals surface area contributed by atoms with Crippen LogP contribution in [0.25, 0.3) is 0 Å². The Balaban J connectivity index is 1.43. The van der Waals surface area contributed by atoms with E-state index in [0.717, 1.165) is 30.7 Å². The number of nitrogens with zero attached hydrogens (tertiary/aromatic N) is 2. The Morgan fingerprint density at radius 2 is 2.23 bits per heavy atom. The van der Waals surface area contributed by atoms with E-state index in [0.29, 0.717) is 24.5 Å². The zero-order valence-corrected chi connectivity index (χ0v) is 17.3. The van der Waals surface area contributed by atoms with Gasteiger partial charge in [-0.15, -0.1) is 0 Å². The molecule has 0 aliphatic heterocycles. The number of aromatic nitrogens is 3. The maximum Gasteiger partial charge on any atom is 0.407 e. The van der Waals surface area contributed by atoms with Gasteiger partial charge in [-0.1, -0.05) is 12.1 Å². The molecular weight excluding hydrogens is 390 g/mol. The van der Waals surface area contributed by atoms with Crippen LogP contribution in [-0.2, 0) is 16.0 Å². The van der Waals surface area contributed by atoms with Crippen molar-refractivity contribution in [3.8, 4) is 0 Å². The van der Waals surface area contributed by atoms with Gasteiger partial charge < -0.3 is 25.0 Å². The van der Waals surface area contributed by atoms with Crippen molar-refractivity contribution in [2.75, 3.05) is 18.5 Å². The molecule has 4 N–H and O–H groups in total. The van der Waals surface area contributed by atoms with E-state index in [-0.39, 0.29) is 36.9 Å². The van der Waals surface area contributed by atoms with Gasteiger partial charge in [-0.3, -0.25) is 9.89 Å². The number of aromatic amines is 1. The summed E-state index contributed by atoms with van der Waals surface area (Å²) in [4.78, 5) is 24.1. The Morgan fingerprint density at radius 3 is 2.93 bits per heavy atom. The molecule has 10 nitrogen and oxygen atoms in total. The van der Waals surface area contributed by atoms with Gasteiger partial charge in [0.25, 0.3) is 0 Å². The minimum atomic E-state index is -0.451. The molecule has 0 bridgehead atoms. The van der Waals surface area contributed by atoms with Gasteiger partial charge in [-0.2, -0.15) is 5.10 Å². The highest BCUT2D eigenvalue weighted by Gasteiger charge is 2.30. The highest BCUT2D eigenvalue weighted by molar-refractivity contribution is 5.91. The van der Waals surface area contributed by atoms with Crippen molar-refractivity contribution in [1.29, 1.82) is 0 Å². The highest BCUT2D eigenvalue weighted by atomic mass is 16.6. The molecule has 0 radical (unpaired) electrons. The first-order chi connectivity index (χ1) is 14.5. The number of hydrogen-bond donors (Lipinski definition) is 4. The van der Waals surface area contributed by atoms with Crippen LogP contribution in [0.4, 0.5) is 10.6 Å². The average Bonchev–Trinajstić information content (AvgIpc) is 3.44. The van der Waals surface area contributed by atoms with E-state index in [9.17, 15) is 14.7 Å². The van der Waals surface area contributed by atoms with Gasteiger partial charge in [-0.25, -0.2) is 4.79 Å². The van der Waals surface area contributed by atoms with Crippen LogP contribution >= 0.6 is 0 Å². The number of H-pyrrole nitrogens is 1. The minimum absolute atomic E-state index is 0.0407. The number of ether oxygens (including phenoxy) is 1. The summed E-state index contributed by atoms with van der Waals surface area (Å²) in [5.74, 6) is 0.933. The van der Waals surface area contributed by atoms with Crippen LogP contribution in [0, 0.1) is 12.8 Å². The summed E-state index contributed by atoms with van der Waals surface area (Å²) in [5.41, 5.74) is 1.63. The molecule has 2 amide bonds. The Morgan fingerprint density at radius 1 is 1.40 bits per heavy atom. The Labute approximate surface area is 174 Å². The molecule has 2 heterocycles. The fourth-order valence-electron chi connectivity index (χ4n) is 3.54. The van der Waals surface area contributed by atoms with Gasteiger partial charge in [0, 0.05) is 36.9 Å². The molecule has 3 atom stereocenters. The zero-order chi connectivity index (χ0) is 21.5. The van der Waals surface area contributed by atoms with Crippen LogP contribution in [0.3, 0.4) is 0 Å². The van der Waals surface area contributed by atoms with Gasteiger partial charge in [0.15, 0.2) is 5.82 Å². The largest absolute Gasteiger partial charge is 0.446 e. The van der Waals surface area contributed by atoms with Crippen molar-refractivity contribution in [2.24, 2.45) is 5.92 Å². The molecule has 2 aromatic heterocycles. The Kier molecular flexibility index (Phi) is 7.45. The van der Waals surface area contributed by atoms with Crippen LogP contribution in [-0.4, -0.2) is 51.7 Å². The second-order valence-corrected chi connectivity index (χ2v) is 7.74. The Bertz CT molecular complexity index is 844. The molecule has 0 spiro atoms. The maximum absolute atomic E-state index is 12.1. The first-order valence-corrected chi connectivity index (χ1v) is 10.3. The zero-order valence-electron chi connectivity index (χ0n) is 17.3. The molecule has 1 fully saturated rings.